The highest BCUT2D eigenvalue weighted by Gasteiger charge is 2.23. The van der Waals surface area contributed by atoms with Crippen LogP contribution in [0.1, 0.15) is 66.6 Å². The van der Waals surface area contributed by atoms with Crippen molar-refractivity contribution in [3.05, 3.63) is 52.3 Å². The van der Waals surface area contributed by atoms with Crippen molar-refractivity contribution in [3.63, 3.8) is 0 Å². The first-order chi connectivity index (χ1) is 12.1. The Balaban J connectivity index is 1.71. The lowest BCUT2D eigenvalue weighted by Crippen LogP contribution is -2.35. The van der Waals surface area contributed by atoms with E-state index in [0.717, 1.165) is 18.4 Å². The van der Waals surface area contributed by atoms with Crippen molar-refractivity contribution < 1.29 is 4.79 Å². The quantitative estimate of drug-likeness (QED) is 0.857. The standard InChI is InChI=1S/C20H26ClN3O/c1-15-18(20(25)22-17-12-8-3-2-4-9-13-17)19(21)24(23-15)14-16-10-6-5-7-11-16/h5-7,10-11,17H,2-4,8-9,12-14H2,1H3,(H,22,25). The minimum Gasteiger partial charge on any atom is -0.349 e. The molecule has 1 aliphatic rings. The van der Waals surface area contributed by atoms with Gasteiger partial charge in [-0.25, -0.2) is 4.68 Å². The Bertz CT molecular complexity index is 703. The number of aromatic nitrogens is 2. The Hall–Kier alpha value is -1.81. The first kappa shape index (κ1) is 18.0. The molecule has 25 heavy (non-hydrogen) atoms. The van der Waals surface area contributed by atoms with Gasteiger partial charge in [0.25, 0.3) is 5.91 Å². The van der Waals surface area contributed by atoms with E-state index in [-0.39, 0.29) is 11.9 Å². The van der Waals surface area contributed by atoms with E-state index in [1.807, 2.05) is 37.3 Å². The van der Waals surface area contributed by atoms with Gasteiger partial charge >= 0.3 is 0 Å². The molecule has 0 radical (unpaired) electrons. The molecule has 0 spiro atoms. The van der Waals surface area contributed by atoms with Gasteiger partial charge in [0.2, 0.25) is 0 Å². The highest BCUT2D eigenvalue weighted by atomic mass is 35.5. The van der Waals surface area contributed by atoms with Crippen molar-refractivity contribution >= 4 is 17.5 Å². The van der Waals surface area contributed by atoms with Crippen molar-refractivity contribution in [3.8, 4) is 0 Å². The summed E-state index contributed by atoms with van der Waals surface area (Å²) in [6.07, 6.45) is 8.33. The fourth-order valence-electron chi connectivity index (χ4n) is 3.53. The summed E-state index contributed by atoms with van der Waals surface area (Å²) < 4.78 is 1.71. The molecule has 1 N–H and O–H groups in total. The molecule has 1 saturated carbocycles. The highest BCUT2D eigenvalue weighted by molar-refractivity contribution is 6.33. The van der Waals surface area contributed by atoms with Crippen LogP contribution < -0.4 is 5.32 Å². The maximum atomic E-state index is 12.8. The lowest BCUT2D eigenvalue weighted by Gasteiger charge is -2.21. The summed E-state index contributed by atoms with van der Waals surface area (Å²) in [5.74, 6) is -0.0904. The van der Waals surface area contributed by atoms with E-state index < -0.39 is 0 Å². The molecule has 1 heterocycles. The molecule has 2 aromatic rings. The minimum atomic E-state index is -0.0904. The van der Waals surface area contributed by atoms with E-state index >= 15 is 0 Å². The van der Waals surface area contributed by atoms with Crippen molar-refractivity contribution in [2.75, 3.05) is 0 Å². The fraction of sp³-hybridized carbons (Fsp3) is 0.500. The first-order valence-corrected chi connectivity index (χ1v) is 9.60. The van der Waals surface area contributed by atoms with Gasteiger partial charge in [-0.05, 0) is 25.3 Å². The van der Waals surface area contributed by atoms with Gasteiger partial charge in [-0.3, -0.25) is 4.79 Å². The third-order valence-corrected chi connectivity index (χ3v) is 5.29. The van der Waals surface area contributed by atoms with E-state index in [4.69, 9.17) is 11.6 Å². The Morgan fingerprint density at radius 3 is 2.48 bits per heavy atom. The number of carbonyl (C=O) groups is 1. The zero-order valence-electron chi connectivity index (χ0n) is 14.8. The largest absolute Gasteiger partial charge is 0.349 e. The van der Waals surface area contributed by atoms with Crippen molar-refractivity contribution in [2.45, 2.75) is 64.5 Å². The maximum Gasteiger partial charge on any atom is 0.256 e. The van der Waals surface area contributed by atoms with Gasteiger partial charge in [-0.15, -0.1) is 0 Å². The lowest BCUT2D eigenvalue weighted by atomic mass is 9.96. The number of rotatable bonds is 4. The molecule has 1 amide bonds. The number of hydrogen-bond acceptors (Lipinski definition) is 2. The zero-order chi connectivity index (χ0) is 17.6. The van der Waals surface area contributed by atoms with Crippen LogP contribution in [0.5, 0.6) is 0 Å². The topological polar surface area (TPSA) is 46.9 Å². The summed E-state index contributed by atoms with van der Waals surface area (Å²) in [5.41, 5.74) is 2.31. The summed E-state index contributed by atoms with van der Waals surface area (Å²) in [4.78, 5) is 12.8. The molecule has 0 saturated heterocycles. The van der Waals surface area contributed by atoms with E-state index in [2.05, 4.69) is 10.4 Å². The second-order valence-electron chi connectivity index (χ2n) is 6.91. The van der Waals surface area contributed by atoms with E-state index in [9.17, 15) is 4.79 Å². The lowest BCUT2D eigenvalue weighted by molar-refractivity contribution is 0.0930. The minimum absolute atomic E-state index is 0.0904. The molecular formula is C20H26ClN3O. The number of amides is 1. The molecule has 0 unspecified atom stereocenters. The molecule has 134 valence electrons. The fourth-order valence-corrected chi connectivity index (χ4v) is 3.85. The predicted molar refractivity (Wildman–Crippen MR) is 101 cm³/mol. The van der Waals surface area contributed by atoms with Gasteiger partial charge in [0.15, 0.2) is 0 Å². The Kier molecular flexibility index (Phi) is 6.14. The number of benzene rings is 1. The van der Waals surface area contributed by atoms with Gasteiger partial charge in [0.1, 0.15) is 5.15 Å². The van der Waals surface area contributed by atoms with Gasteiger partial charge in [-0.1, -0.05) is 74.0 Å². The van der Waals surface area contributed by atoms with Gasteiger partial charge in [0, 0.05) is 6.04 Å². The molecule has 1 fully saturated rings. The molecule has 0 atom stereocenters. The Labute approximate surface area is 154 Å². The van der Waals surface area contributed by atoms with E-state index in [1.165, 1.54) is 32.1 Å². The summed E-state index contributed by atoms with van der Waals surface area (Å²) in [7, 11) is 0. The number of aryl methyl sites for hydroxylation is 1. The van der Waals surface area contributed by atoms with Crippen LogP contribution in [-0.2, 0) is 6.54 Å². The third-order valence-electron chi connectivity index (χ3n) is 4.91. The molecule has 0 bridgehead atoms. The number of carbonyl (C=O) groups excluding carboxylic acids is 1. The van der Waals surface area contributed by atoms with Crippen LogP contribution in [0.25, 0.3) is 0 Å². The summed E-state index contributed by atoms with van der Waals surface area (Å²) in [6, 6.07) is 10.3. The smallest absolute Gasteiger partial charge is 0.256 e. The monoisotopic (exact) mass is 359 g/mol. The highest BCUT2D eigenvalue weighted by Crippen LogP contribution is 2.22. The van der Waals surface area contributed by atoms with Crippen LogP contribution in [0.15, 0.2) is 30.3 Å². The number of halogens is 1. The van der Waals surface area contributed by atoms with E-state index in [1.54, 1.807) is 4.68 Å². The normalized spacial score (nSPS) is 16.2. The van der Waals surface area contributed by atoms with Crippen molar-refractivity contribution in [2.24, 2.45) is 0 Å². The molecule has 0 aliphatic heterocycles. The molecule has 4 nitrogen and oxygen atoms in total. The molecule has 1 aliphatic carbocycles. The molecule has 1 aromatic heterocycles. The first-order valence-electron chi connectivity index (χ1n) is 9.23. The van der Waals surface area contributed by atoms with Gasteiger partial charge in [-0.2, -0.15) is 5.10 Å². The maximum absolute atomic E-state index is 12.8. The molecule has 1 aromatic carbocycles. The molecule has 3 rings (SSSR count). The molecular weight excluding hydrogens is 334 g/mol. The number of nitrogens with zero attached hydrogens (tertiary/aromatic N) is 2. The van der Waals surface area contributed by atoms with Crippen LogP contribution in [-0.4, -0.2) is 21.7 Å². The Morgan fingerprint density at radius 2 is 1.80 bits per heavy atom. The summed E-state index contributed by atoms with van der Waals surface area (Å²) in [6.45, 7) is 2.41. The van der Waals surface area contributed by atoms with Crippen LogP contribution >= 0.6 is 11.6 Å². The third kappa shape index (κ3) is 4.63. The zero-order valence-corrected chi connectivity index (χ0v) is 15.6. The SMILES string of the molecule is Cc1nn(Cc2ccccc2)c(Cl)c1C(=O)NC1CCCCCCC1. The van der Waals surface area contributed by atoms with Crippen molar-refractivity contribution in [1.82, 2.24) is 15.1 Å². The average molecular weight is 360 g/mol. The number of nitrogens with one attached hydrogen (secondary N) is 1. The van der Waals surface area contributed by atoms with Gasteiger partial charge < -0.3 is 5.32 Å². The molecule has 5 heteroatoms. The van der Waals surface area contributed by atoms with E-state index in [0.29, 0.717) is 23.0 Å². The van der Waals surface area contributed by atoms with Crippen LogP contribution in [0.3, 0.4) is 0 Å². The van der Waals surface area contributed by atoms with Gasteiger partial charge in [0.05, 0.1) is 17.8 Å². The predicted octanol–water partition coefficient (Wildman–Crippen LogP) is 4.74. The van der Waals surface area contributed by atoms with Crippen LogP contribution in [0.4, 0.5) is 0 Å². The van der Waals surface area contributed by atoms with Crippen LogP contribution in [0, 0.1) is 6.92 Å². The summed E-state index contributed by atoms with van der Waals surface area (Å²) in [5, 5.41) is 8.08. The second-order valence-corrected chi connectivity index (χ2v) is 7.27. The van der Waals surface area contributed by atoms with Crippen LogP contribution in [0.2, 0.25) is 5.15 Å². The summed E-state index contributed by atoms with van der Waals surface area (Å²) >= 11 is 6.49. The average Bonchev–Trinajstić information content (AvgIpc) is 2.85. The second kappa shape index (κ2) is 8.52. The van der Waals surface area contributed by atoms with Crippen molar-refractivity contribution in [1.29, 1.82) is 0 Å². The Morgan fingerprint density at radius 1 is 1.16 bits per heavy atom. The number of hydrogen-bond donors (Lipinski definition) is 1.